The lowest BCUT2D eigenvalue weighted by Gasteiger charge is -2.06. The van der Waals surface area contributed by atoms with E-state index in [1.54, 1.807) is 0 Å². The third-order valence-electron chi connectivity index (χ3n) is 4.91. The van der Waals surface area contributed by atoms with Crippen LogP contribution < -0.4 is 0 Å². The Labute approximate surface area is 162 Å². The molecule has 0 bridgehead atoms. The quantitative estimate of drug-likeness (QED) is 0.364. The number of unbranched alkanes of at least 4 members (excludes halogenated alkanes) is 6. The van der Waals surface area contributed by atoms with Gasteiger partial charge in [0.25, 0.3) is 0 Å². The summed E-state index contributed by atoms with van der Waals surface area (Å²) in [5.74, 6) is 0. The summed E-state index contributed by atoms with van der Waals surface area (Å²) in [5, 5.41) is 0. The summed E-state index contributed by atoms with van der Waals surface area (Å²) >= 11 is 0. The van der Waals surface area contributed by atoms with Gasteiger partial charge in [-0.05, 0) is 61.1 Å². The first-order chi connectivity index (χ1) is 12.7. The summed E-state index contributed by atoms with van der Waals surface area (Å²) < 4.78 is 12.8. The van der Waals surface area contributed by atoms with Crippen LogP contribution in [0.3, 0.4) is 0 Å². The fourth-order valence-electron chi connectivity index (χ4n) is 3.21. The second-order valence-corrected chi connectivity index (χ2v) is 8.66. The van der Waals surface area contributed by atoms with Crippen LogP contribution in [0.2, 0.25) is 0 Å². The highest BCUT2D eigenvalue weighted by molar-refractivity contribution is 7.85. The van der Waals surface area contributed by atoms with Crippen molar-refractivity contribution in [1.82, 2.24) is 0 Å². The minimum absolute atomic E-state index is 0.901. The third-order valence-corrected chi connectivity index (χ3v) is 6.31. The van der Waals surface area contributed by atoms with Gasteiger partial charge in [-0.2, -0.15) is 0 Å². The number of benzene rings is 2. The van der Waals surface area contributed by atoms with E-state index in [4.69, 9.17) is 0 Å². The normalized spacial score (nSPS) is 11.2. The lowest BCUT2D eigenvalue weighted by molar-refractivity contribution is 0.666. The molecule has 0 aromatic heterocycles. The zero-order valence-electron chi connectivity index (χ0n) is 16.5. The van der Waals surface area contributed by atoms with Gasteiger partial charge in [0, 0.05) is 9.79 Å². The highest BCUT2D eigenvalue weighted by Crippen LogP contribution is 2.19. The molecule has 0 amide bonds. The van der Waals surface area contributed by atoms with Crippen molar-refractivity contribution in [3.8, 4) is 0 Å². The number of aryl methyl sites for hydroxylation is 2. The first-order valence-electron chi connectivity index (χ1n) is 10.3. The van der Waals surface area contributed by atoms with Gasteiger partial charge in [-0.15, -0.1) is 0 Å². The van der Waals surface area contributed by atoms with Crippen LogP contribution in [0.5, 0.6) is 0 Å². The van der Waals surface area contributed by atoms with Gasteiger partial charge in [0.1, 0.15) is 0 Å². The Morgan fingerprint density at radius 3 is 1.31 bits per heavy atom. The Hall–Kier alpha value is -1.41. The molecule has 0 heterocycles. The van der Waals surface area contributed by atoms with Crippen LogP contribution in [-0.2, 0) is 23.6 Å². The standard InChI is InChI=1S/C24H34OS/c1-3-5-7-9-11-21-13-17-23(18-14-21)26(25)24-19-15-22(16-20-24)12-10-8-6-4-2/h13-20H,3-12H2,1-2H3. The predicted molar refractivity (Wildman–Crippen MR) is 113 cm³/mol. The lowest BCUT2D eigenvalue weighted by Crippen LogP contribution is -1.95. The van der Waals surface area contributed by atoms with Crippen molar-refractivity contribution in [2.45, 2.75) is 87.8 Å². The lowest BCUT2D eigenvalue weighted by atomic mass is 10.1. The van der Waals surface area contributed by atoms with Crippen molar-refractivity contribution in [2.24, 2.45) is 0 Å². The van der Waals surface area contributed by atoms with Crippen molar-refractivity contribution in [1.29, 1.82) is 0 Å². The Morgan fingerprint density at radius 1 is 0.577 bits per heavy atom. The smallest absolute Gasteiger partial charge is 0.0849 e. The maximum Gasteiger partial charge on any atom is 0.0849 e. The molecule has 0 radical (unpaired) electrons. The first-order valence-corrected chi connectivity index (χ1v) is 11.5. The Morgan fingerprint density at radius 2 is 0.962 bits per heavy atom. The monoisotopic (exact) mass is 370 g/mol. The number of hydrogen-bond acceptors (Lipinski definition) is 1. The zero-order chi connectivity index (χ0) is 18.6. The third kappa shape index (κ3) is 7.07. The predicted octanol–water partition coefficient (Wildman–Crippen LogP) is 7.10. The number of rotatable bonds is 12. The van der Waals surface area contributed by atoms with Crippen LogP contribution in [0.15, 0.2) is 58.3 Å². The van der Waals surface area contributed by atoms with Gasteiger partial charge in [0.2, 0.25) is 0 Å². The van der Waals surface area contributed by atoms with Gasteiger partial charge in [-0.1, -0.05) is 76.6 Å². The van der Waals surface area contributed by atoms with Gasteiger partial charge >= 0.3 is 0 Å². The van der Waals surface area contributed by atoms with Crippen molar-refractivity contribution in [2.75, 3.05) is 0 Å². The van der Waals surface area contributed by atoms with Crippen molar-refractivity contribution in [3.63, 3.8) is 0 Å². The summed E-state index contributed by atoms with van der Waals surface area (Å²) in [4.78, 5) is 1.80. The van der Waals surface area contributed by atoms with Crippen LogP contribution in [0.1, 0.15) is 76.3 Å². The molecule has 2 heteroatoms. The first kappa shape index (κ1) is 20.9. The van der Waals surface area contributed by atoms with E-state index in [0.29, 0.717) is 0 Å². The molecule has 2 aromatic rings. The van der Waals surface area contributed by atoms with Crippen LogP contribution in [0.25, 0.3) is 0 Å². The summed E-state index contributed by atoms with van der Waals surface area (Å²) in [5.41, 5.74) is 2.70. The largest absolute Gasteiger partial charge is 0.249 e. The molecule has 0 atom stereocenters. The van der Waals surface area contributed by atoms with Crippen molar-refractivity contribution < 1.29 is 4.21 Å². The van der Waals surface area contributed by atoms with E-state index in [-0.39, 0.29) is 0 Å². The summed E-state index contributed by atoms with van der Waals surface area (Å²) in [6.07, 6.45) is 12.5. The van der Waals surface area contributed by atoms with Crippen LogP contribution in [-0.4, -0.2) is 4.21 Å². The molecule has 26 heavy (non-hydrogen) atoms. The van der Waals surface area contributed by atoms with Crippen molar-refractivity contribution in [3.05, 3.63) is 59.7 Å². The molecule has 0 aliphatic carbocycles. The fourth-order valence-corrected chi connectivity index (χ4v) is 4.25. The highest BCUT2D eigenvalue weighted by atomic mass is 32.2. The van der Waals surface area contributed by atoms with E-state index >= 15 is 0 Å². The number of hydrogen-bond donors (Lipinski definition) is 0. The maximum absolute atomic E-state index is 12.8. The Kier molecular flexibility index (Phi) is 9.70. The fraction of sp³-hybridized carbons (Fsp3) is 0.500. The molecule has 0 spiro atoms. The van der Waals surface area contributed by atoms with E-state index in [1.165, 1.54) is 62.5 Å². The van der Waals surface area contributed by atoms with Gasteiger partial charge in [0.15, 0.2) is 0 Å². The molecule has 0 fully saturated rings. The average Bonchev–Trinajstić information content (AvgIpc) is 2.69. The Bertz CT molecular complexity index is 585. The van der Waals surface area contributed by atoms with E-state index in [1.807, 2.05) is 24.3 Å². The van der Waals surface area contributed by atoms with Crippen LogP contribution in [0, 0.1) is 0 Å². The second-order valence-electron chi connectivity index (χ2n) is 7.18. The van der Waals surface area contributed by atoms with Crippen LogP contribution >= 0.6 is 0 Å². The molecule has 2 aromatic carbocycles. The van der Waals surface area contributed by atoms with E-state index in [9.17, 15) is 4.21 Å². The molecule has 0 unspecified atom stereocenters. The highest BCUT2D eigenvalue weighted by Gasteiger charge is 2.07. The van der Waals surface area contributed by atoms with E-state index < -0.39 is 10.8 Å². The molecule has 1 nitrogen and oxygen atoms in total. The minimum Gasteiger partial charge on any atom is -0.249 e. The van der Waals surface area contributed by atoms with Gasteiger partial charge in [-0.3, -0.25) is 0 Å². The van der Waals surface area contributed by atoms with Crippen LogP contribution in [0.4, 0.5) is 0 Å². The molecule has 142 valence electrons. The SMILES string of the molecule is CCCCCCc1ccc(S(=O)c2ccc(CCCCCC)cc2)cc1. The van der Waals surface area contributed by atoms with Crippen molar-refractivity contribution >= 4 is 10.8 Å². The van der Waals surface area contributed by atoms with E-state index in [2.05, 4.69) is 38.1 Å². The van der Waals surface area contributed by atoms with Gasteiger partial charge in [0.05, 0.1) is 10.8 Å². The maximum atomic E-state index is 12.8. The Balaban J connectivity index is 1.87. The molecule has 0 aliphatic rings. The van der Waals surface area contributed by atoms with Gasteiger partial charge < -0.3 is 0 Å². The van der Waals surface area contributed by atoms with E-state index in [0.717, 1.165) is 22.6 Å². The molecular weight excluding hydrogens is 336 g/mol. The molecule has 0 aliphatic heterocycles. The zero-order valence-corrected chi connectivity index (χ0v) is 17.3. The van der Waals surface area contributed by atoms with Gasteiger partial charge in [-0.25, -0.2) is 4.21 Å². The minimum atomic E-state index is -1.08. The molecule has 0 saturated carbocycles. The molecule has 0 N–H and O–H groups in total. The topological polar surface area (TPSA) is 17.1 Å². The average molecular weight is 371 g/mol. The summed E-state index contributed by atoms with van der Waals surface area (Å²) in [6, 6.07) is 16.7. The summed E-state index contributed by atoms with van der Waals surface area (Å²) in [7, 11) is -1.08. The second kappa shape index (κ2) is 12.1. The molecule has 2 rings (SSSR count). The molecule has 0 saturated heterocycles. The molecular formula is C24H34OS. The summed E-state index contributed by atoms with van der Waals surface area (Å²) in [6.45, 7) is 4.48.